The standard InChI is InChI=1S/C20H17F2N3O/c1-12-4-3-5-18(13(12)2)24-15-7-9-19(23-11-15)20(26)25-14-6-8-16(21)17(22)10-14/h3-11,24H,1-2H3,(H,25,26). The molecule has 0 fully saturated rings. The molecule has 4 nitrogen and oxygen atoms in total. The van der Waals surface area contributed by atoms with E-state index in [2.05, 4.69) is 15.6 Å². The second kappa shape index (κ2) is 7.31. The van der Waals surface area contributed by atoms with Crippen LogP contribution in [0.5, 0.6) is 0 Å². The Morgan fingerprint density at radius 2 is 1.73 bits per heavy atom. The van der Waals surface area contributed by atoms with Gasteiger partial charge in [0.2, 0.25) is 0 Å². The quantitative estimate of drug-likeness (QED) is 0.696. The van der Waals surface area contributed by atoms with E-state index in [-0.39, 0.29) is 11.4 Å². The minimum absolute atomic E-state index is 0.160. The van der Waals surface area contributed by atoms with E-state index in [1.807, 2.05) is 32.0 Å². The van der Waals surface area contributed by atoms with E-state index in [4.69, 9.17) is 0 Å². The van der Waals surface area contributed by atoms with Crippen molar-refractivity contribution in [2.24, 2.45) is 0 Å². The van der Waals surface area contributed by atoms with Crippen molar-refractivity contribution in [1.82, 2.24) is 4.98 Å². The average Bonchev–Trinajstić information content (AvgIpc) is 2.63. The van der Waals surface area contributed by atoms with E-state index in [0.717, 1.165) is 29.1 Å². The first-order chi connectivity index (χ1) is 12.4. The number of rotatable bonds is 4. The predicted molar refractivity (Wildman–Crippen MR) is 97.7 cm³/mol. The predicted octanol–water partition coefficient (Wildman–Crippen LogP) is 4.97. The number of nitrogens with zero attached hydrogens (tertiary/aromatic N) is 1. The second-order valence-electron chi connectivity index (χ2n) is 5.89. The maximum Gasteiger partial charge on any atom is 0.274 e. The summed E-state index contributed by atoms with van der Waals surface area (Å²) in [5, 5.41) is 5.74. The lowest BCUT2D eigenvalue weighted by Crippen LogP contribution is -2.13. The van der Waals surface area contributed by atoms with Crippen molar-refractivity contribution in [3.8, 4) is 0 Å². The summed E-state index contributed by atoms with van der Waals surface area (Å²) in [5.41, 5.74) is 4.33. The van der Waals surface area contributed by atoms with Crippen molar-refractivity contribution in [3.63, 3.8) is 0 Å². The Morgan fingerprint density at radius 1 is 0.962 bits per heavy atom. The number of halogens is 2. The Balaban J connectivity index is 1.71. The molecule has 2 aromatic carbocycles. The molecular weight excluding hydrogens is 336 g/mol. The molecule has 1 amide bonds. The number of nitrogens with one attached hydrogen (secondary N) is 2. The molecule has 2 N–H and O–H groups in total. The number of amides is 1. The first-order valence-corrected chi connectivity index (χ1v) is 8.00. The summed E-state index contributed by atoms with van der Waals surface area (Å²) in [4.78, 5) is 16.3. The molecule has 1 heterocycles. The van der Waals surface area contributed by atoms with Gasteiger partial charge in [-0.15, -0.1) is 0 Å². The monoisotopic (exact) mass is 353 g/mol. The number of pyridine rings is 1. The maximum absolute atomic E-state index is 13.2. The zero-order chi connectivity index (χ0) is 18.7. The van der Waals surface area contributed by atoms with E-state index in [0.29, 0.717) is 0 Å². The number of carbonyl (C=O) groups is 1. The summed E-state index contributed by atoms with van der Waals surface area (Å²) in [5.74, 6) is -2.50. The number of benzene rings is 2. The van der Waals surface area contributed by atoms with E-state index in [1.54, 1.807) is 18.3 Å². The maximum atomic E-state index is 13.2. The van der Waals surface area contributed by atoms with Crippen LogP contribution in [-0.2, 0) is 0 Å². The van der Waals surface area contributed by atoms with Crippen molar-refractivity contribution in [1.29, 1.82) is 0 Å². The molecule has 3 aromatic rings. The third kappa shape index (κ3) is 3.85. The zero-order valence-corrected chi connectivity index (χ0v) is 14.3. The van der Waals surface area contributed by atoms with Gasteiger partial charge in [0.05, 0.1) is 11.9 Å². The normalized spacial score (nSPS) is 10.5. The molecule has 0 aliphatic heterocycles. The molecule has 0 unspecified atom stereocenters. The molecule has 0 saturated heterocycles. The highest BCUT2D eigenvalue weighted by Gasteiger charge is 2.10. The molecule has 3 rings (SSSR count). The minimum atomic E-state index is -1.02. The van der Waals surface area contributed by atoms with Gasteiger partial charge < -0.3 is 10.6 Å². The molecule has 132 valence electrons. The average molecular weight is 353 g/mol. The molecule has 0 bridgehead atoms. The molecule has 1 aromatic heterocycles. The van der Waals surface area contributed by atoms with Gasteiger partial charge in [0.15, 0.2) is 11.6 Å². The van der Waals surface area contributed by atoms with Gasteiger partial charge in [-0.3, -0.25) is 4.79 Å². The number of anilines is 3. The van der Waals surface area contributed by atoms with Gasteiger partial charge in [-0.2, -0.15) is 0 Å². The largest absolute Gasteiger partial charge is 0.354 e. The van der Waals surface area contributed by atoms with Crippen LogP contribution in [0.2, 0.25) is 0 Å². The SMILES string of the molecule is Cc1cccc(Nc2ccc(C(=O)Nc3ccc(F)c(F)c3)nc2)c1C. The third-order valence-electron chi connectivity index (χ3n) is 4.06. The second-order valence-corrected chi connectivity index (χ2v) is 5.89. The summed E-state index contributed by atoms with van der Waals surface area (Å²) in [6.45, 7) is 4.05. The summed E-state index contributed by atoms with van der Waals surface area (Å²) in [6.07, 6.45) is 1.54. The Morgan fingerprint density at radius 3 is 2.42 bits per heavy atom. The van der Waals surface area contributed by atoms with Crippen LogP contribution in [0.4, 0.5) is 25.8 Å². The van der Waals surface area contributed by atoms with Crippen molar-refractivity contribution >= 4 is 23.0 Å². The van der Waals surface area contributed by atoms with E-state index >= 15 is 0 Å². The van der Waals surface area contributed by atoms with E-state index in [9.17, 15) is 13.6 Å². The molecule has 0 aliphatic carbocycles. The van der Waals surface area contributed by atoms with Crippen molar-refractivity contribution in [3.05, 3.63) is 83.2 Å². The minimum Gasteiger partial charge on any atom is -0.354 e. The number of aromatic nitrogens is 1. The lowest BCUT2D eigenvalue weighted by atomic mass is 10.1. The molecule has 0 aliphatic rings. The first kappa shape index (κ1) is 17.5. The topological polar surface area (TPSA) is 54.0 Å². The van der Waals surface area contributed by atoms with Crippen LogP contribution in [0.3, 0.4) is 0 Å². The van der Waals surface area contributed by atoms with Gasteiger partial charge in [0.1, 0.15) is 5.69 Å². The summed E-state index contributed by atoms with van der Waals surface area (Å²) < 4.78 is 26.1. The number of aryl methyl sites for hydroxylation is 1. The Bertz CT molecular complexity index is 956. The highest BCUT2D eigenvalue weighted by Crippen LogP contribution is 2.22. The molecular formula is C20H17F2N3O. The van der Waals surface area contributed by atoms with E-state index in [1.165, 1.54) is 11.6 Å². The summed E-state index contributed by atoms with van der Waals surface area (Å²) >= 11 is 0. The number of hydrogen-bond acceptors (Lipinski definition) is 3. The van der Waals surface area contributed by atoms with Crippen LogP contribution >= 0.6 is 0 Å². The Labute approximate surface area is 149 Å². The lowest BCUT2D eigenvalue weighted by Gasteiger charge is -2.11. The smallest absolute Gasteiger partial charge is 0.274 e. The first-order valence-electron chi connectivity index (χ1n) is 8.00. The van der Waals surface area contributed by atoms with Crippen LogP contribution in [-0.4, -0.2) is 10.9 Å². The Kier molecular flexibility index (Phi) is 4.93. The fourth-order valence-corrected chi connectivity index (χ4v) is 2.41. The summed E-state index contributed by atoms with van der Waals surface area (Å²) in [6, 6.07) is 12.4. The molecule has 26 heavy (non-hydrogen) atoms. The van der Waals surface area contributed by atoms with Gasteiger partial charge in [0, 0.05) is 17.4 Å². The van der Waals surface area contributed by atoms with Gasteiger partial charge in [0.25, 0.3) is 5.91 Å². The van der Waals surface area contributed by atoms with Gasteiger partial charge in [-0.25, -0.2) is 13.8 Å². The summed E-state index contributed by atoms with van der Waals surface area (Å²) in [7, 11) is 0. The van der Waals surface area contributed by atoms with Crippen LogP contribution in [0.15, 0.2) is 54.7 Å². The fourth-order valence-electron chi connectivity index (χ4n) is 2.41. The molecule has 6 heteroatoms. The van der Waals surface area contributed by atoms with Crippen LogP contribution < -0.4 is 10.6 Å². The number of hydrogen-bond donors (Lipinski definition) is 2. The van der Waals surface area contributed by atoms with Crippen LogP contribution in [0.1, 0.15) is 21.6 Å². The number of carbonyl (C=O) groups excluding carboxylic acids is 1. The van der Waals surface area contributed by atoms with E-state index < -0.39 is 17.5 Å². The van der Waals surface area contributed by atoms with Gasteiger partial charge >= 0.3 is 0 Å². The lowest BCUT2D eigenvalue weighted by molar-refractivity contribution is 0.102. The highest BCUT2D eigenvalue weighted by molar-refractivity contribution is 6.02. The fraction of sp³-hybridized carbons (Fsp3) is 0.100. The van der Waals surface area contributed by atoms with Gasteiger partial charge in [-0.05, 0) is 55.3 Å². The van der Waals surface area contributed by atoms with Crippen molar-refractivity contribution < 1.29 is 13.6 Å². The van der Waals surface area contributed by atoms with Crippen molar-refractivity contribution in [2.75, 3.05) is 10.6 Å². The van der Waals surface area contributed by atoms with Crippen LogP contribution in [0.25, 0.3) is 0 Å². The van der Waals surface area contributed by atoms with Crippen LogP contribution in [0, 0.1) is 25.5 Å². The Hall–Kier alpha value is -3.28. The van der Waals surface area contributed by atoms with Crippen molar-refractivity contribution in [2.45, 2.75) is 13.8 Å². The molecule has 0 spiro atoms. The molecule has 0 atom stereocenters. The molecule has 0 saturated carbocycles. The van der Waals surface area contributed by atoms with Gasteiger partial charge in [-0.1, -0.05) is 12.1 Å². The molecule has 0 radical (unpaired) electrons. The zero-order valence-electron chi connectivity index (χ0n) is 14.3. The third-order valence-corrected chi connectivity index (χ3v) is 4.06. The highest BCUT2D eigenvalue weighted by atomic mass is 19.2.